The summed E-state index contributed by atoms with van der Waals surface area (Å²) in [6, 6.07) is 14.1. The van der Waals surface area contributed by atoms with Gasteiger partial charge in [0.1, 0.15) is 6.04 Å². The van der Waals surface area contributed by atoms with Crippen LogP contribution in [0.3, 0.4) is 0 Å². The lowest BCUT2D eigenvalue weighted by atomic mass is 10.0. The Kier molecular flexibility index (Phi) is 4.44. The standard InChI is InChI=1S/C22H23N3O2/c1-13-10-16(12-23-22(27)18-8-9-19(26)24-18)21-17(11-13)14(2)20(25-21)15-6-4-3-5-7-15/h3-7,10-11,18,25H,8-9,12H2,1-2H3,(H,23,27)(H,24,26). The Bertz CT molecular complexity index is 1020. The summed E-state index contributed by atoms with van der Waals surface area (Å²) in [6.07, 6.45) is 0.983. The number of benzene rings is 2. The van der Waals surface area contributed by atoms with Gasteiger partial charge in [0, 0.05) is 24.0 Å². The first-order valence-electron chi connectivity index (χ1n) is 9.27. The molecule has 1 fully saturated rings. The lowest BCUT2D eigenvalue weighted by molar-refractivity contribution is -0.125. The first-order chi connectivity index (χ1) is 13.0. The van der Waals surface area contributed by atoms with Crippen LogP contribution in [0.1, 0.15) is 29.5 Å². The third-order valence-corrected chi connectivity index (χ3v) is 5.22. The molecular weight excluding hydrogens is 338 g/mol. The van der Waals surface area contributed by atoms with E-state index in [1.807, 2.05) is 18.2 Å². The monoisotopic (exact) mass is 361 g/mol. The van der Waals surface area contributed by atoms with Gasteiger partial charge in [-0.2, -0.15) is 0 Å². The van der Waals surface area contributed by atoms with Crippen LogP contribution in [0.5, 0.6) is 0 Å². The van der Waals surface area contributed by atoms with Gasteiger partial charge in [0.2, 0.25) is 11.8 Å². The lowest BCUT2D eigenvalue weighted by Crippen LogP contribution is -2.41. The molecule has 1 aliphatic rings. The molecule has 4 rings (SSSR count). The Morgan fingerprint density at radius 3 is 2.67 bits per heavy atom. The van der Waals surface area contributed by atoms with Crippen molar-refractivity contribution >= 4 is 22.7 Å². The molecule has 3 N–H and O–H groups in total. The molecule has 27 heavy (non-hydrogen) atoms. The predicted octanol–water partition coefficient (Wildman–Crippen LogP) is 3.35. The van der Waals surface area contributed by atoms with E-state index in [1.54, 1.807) is 0 Å². The molecule has 1 aliphatic heterocycles. The van der Waals surface area contributed by atoms with Gasteiger partial charge in [-0.05, 0) is 43.0 Å². The highest BCUT2D eigenvalue weighted by Gasteiger charge is 2.27. The maximum atomic E-state index is 12.3. The fraction of sp³-hybridized carbons (Fsp3) is 0.273. The van der Waals surface area contributed by atoms with Crippen LogP contribution in [0.2, 0.25) is 0 Å². The molecule has 0 radical (unpaired) electrons. The maximum absolute atomic E-state index is 12.3. The van der Waals surface area contributed by atoms with E-state index in [4.69, 9.17) is 0 Å². The smallest absolute Gasteiger partial charge is 0.242 e. The molecule has 0 aliphatic carbocycles. The van der Waals surface area contributed by atoms with Crippen molar-refractivity contribution in [2.75, 3.05) is 0 Å². The SMILES string of the molecule is Cc1cc(CNC(=O)C2CCC(=O)N2)c2[nH]c(-c3ccccc3)c(C)c2c1. The number of hydrogen-bond acceptors (Lipinski definition) is 2. The second-order valence-corrected chi connectivity index (χ2v) is 7.21. The van der Waals surface area contributed by atoms with E-state index < -0.39 is 6.04 Å². The summed E-state index contributed by atoms with van der Waals surface area (Å²) in [7, 11) is 0. The predicted molar refractivity (Wildman–Crippen MR) is 106 cm³/mol. The Morgan fingerprint density at radius 2 is 1.96 bits per heavy atom. The van der Waals surface area contributed by atoms with E-state index >= 15 is 0 Å². The van der Waals surface area contributed by atoms with Crippen LogP contribution in [0.25, 0.3) is 22.2 Å². The lowest BCUT2D eigenvalue weighted by Gasteiger charge is -2.12. The summed E-state index contributed by atoms with van der Waals surface area (Å²) < 4.78 is 0. The van der Waals surface area contributed by atoms with Gasteiger partial charge in [-0.15, -0.1) is 0 Å². The Morgan fingerprint density at radius 1 is 1.19 bits per heavy atom. The molecule has 1 aromatic heterocycles. The second-order valence-electron chi connectivity index (χ2n) is 7.21. The first kappa shape index (κ1) is 17.3. The highest BCUT2D eigenvalue weighted by Crippen LogP contribution is 2.32. The summed E-state index contributed by atoms with van der Waals surface area (Å²) in [4.78, 5) is 27.2. The average Bonchev–Trinajstić information content (AvgIpc) is 3.24. The van der Waals surface area contributed by atoms with E-state index in [2.05, 4.69) is 53.7 Å². The van der Waals surface area contributed by atoms with Crippen molar-refractivity contribution in [3.8, 4) is 11.3 Å². The minimum absolute atomic E-state index is 0.0550. The zero-order valence-corrected chi connectivity index (χ0v) is 15.6. The van der Waals surface area contributed by atoms with Gasteiger partial charge in [0.15, 0.2) is 0 Å². The van der Waals surface area contributed by atoms with Crippen molar-refractivity contribution in [2.24, 2.45) is 0 Å². The number of aromatic nitrogens is 1. The Balaban J connectivity index is 1.64. The number of fused-ring (bicyclic) bond motifs is 1. The maximum Gasteiger partial charge on any atom is 0.242 e. The van der Waals surface area contributed by atoms with Crippen LogP contribution in [0.4, 0.5) is 0 Å². The van der Waals surface area contributed by atoms with Gasteiger partial charge in [-0.25, -0.2) is 0 Å². The number of aryl methyl sites for hydroxylation is 2. The van der Waals surface area contributed by atoms with Crippen LogP contribution in [-0.4, -0.2) is 22.8 Å². The van der Waals surface area contributed by atoms with E-state index in [0.29, 0.717) is 19.4 Å². The number of rotatable bonds is 4. The molecular formula is C22H23N3O2. The quantitative estimate of drug-likeness (QED) is 0.667. The number of hydrogen-bond donors (Lipinski definition) is 3. The molecule has 0 bridgehead atoms. The van der Waals surface area contributed by atoms with E-state index in [-0.39, 0.29) is 11.8 Å². The minimum Gasteiger partial charge on any atom is -0.354 e. The molecule has 1 unspecified atom stereocenters. The van der Waals surface area contributed by atoms with Crippen molar-refractivity contribution in [3.63, 3.8) is 0 Å². The molecule has 2 aromatic carbocycles. The first-order valence-corrected chi connectivity index (χ1v) is 9.27. The molecule has 5 nitrogen and oxygen atoms in total. The normalized spacial score (nSPS) is 16.5. The number of nitrogens with one attached hydrogen (secondary N) is 3. The summed E-state index contributed by atoms with van der Waals surface area (Å²) in [5, 5.41) is 6.86. The van der Waals surface area contributed by atoms with Crippen molar-refractivity contribution in [2.45, 2.75) is 39.3 Å². The van der Waals surface area contributed by atoms with E-state index in [0.717, 1.165) is 27.9 Å². The molecule has 5 heteroatoms. The molecule has 0 spiro atoms. The Hall–Kier alpha value is -3.08. The number of aromatic amines is 1. The number of H-pyrrole nitrogens is 1. The fourth-order valence-electron chi connectivity index (χ4n) is 3.81. The van der Waals surface area contributed by atoms with Gasteiger partial charge >= 0.3 is 0 Å². The van der Waals surface area contributed by atoms with Gasteiger partial charge < -0.3 is 15.6 Å². The van der Waals surface area contributed by atoms with Crippen molar-refractivity contribution < 1.29 is 9.59 Å². The second kappa shape index (κ2) is 6.91. The molecule has 2 heterocycles. The average molecular weight is 361 g/mol. The highest BCUT2D eigenvalue weighted by molar-refractivity contribution is 5.94. The van der Waals surface area contributed by atoms with Gasteiger partial charge in [0.05, 0.1) is 5.52 Å². The van der Waals surface area contributed by atoms with Crippen LogP contribution in [-0.2, 0) is 16.1 Å². The molecule has 2 amide bonds. The van der Waals surface area contributed by atoms with Crippen LogP contribution in [0.15, 0.2) is 42.5 Å². The molecule has 1 saturated heterocycles. The van der Waals surface area contributed by atoms with Crippen molar-refractivity contribution in [1.29, 1.82) is 0 Å². The zero-order chi connectivity index (χ0) is 19.0. The van der Waals surface area contributed by atoms with E-state index in [9.17, 15) is 9.59 Å². The number of carbonyl (C=O) groups is 2. The van der Waals surface area contributed by atoms with Crippen LogP contribution in [0, 0.1) is 13.8 Å². The molecule has 0 saturated carbocycles. The zero-order valence-electron chi connectivity index (χ0n) is 15.6. The molecule has 3 aromatic rings. The summed E-state index contributed by atoms with van der Waals surface area (Å²) in [5.41, 5.74) is 6.71. The van der Waals surface area contributed by atoms with Crippen LogP contribution < -0.4 is 10.6 Å². The summed E-state index contributed by atoms with van der Waals surface area (Å²) in [6.45, 7) is 4.62. The molecule has 1 atom stereocenters. The number of amides is 2. The van der Waals surface area contributed by atoms with Gasteiger partial charge in [-0.1, -0.05) is 42.0 Å². The van der Waals surface area contributed by atoms with Gasteiger partial charge in [0.25, 0.3) is 0 Å². The number of carbonyl (C=O) groups excluding carboxylic acids is 2. The van der Waals surface area contributed by atoms with E-state index in [1.165, 1.54) is 10.9 Å². The minimum atomic E-state index is -0.414. The van der Waals surface area contributed by atoms with Crippen LogP contribution >= 0.6 is 0 Å². The van der Waals surface area contributed by atoms with Gasteiger partial charge in [-0.3, -0.25) is 9.59 Å². The topological polar surface area (TPSA) is 74.0 Å². The van der Waals surface area contributed by atoms with Crippen molar-refractivity contribution in [3.05, 3.63) is 59.2 Å². The third kappa shape index (κ3) is 3.33. The highest BCUT2D eigenvalue weighted by atomic mass is 16.2. The summed E-state index contributed by atoms with van der Waals surface area (Å²) in [5.74, 6) is -0.178. The molecule has 138 valence electrons. The fourth-order valence-corrected chi connectivity index (χ4v) is 3.81. The van der Waals surface area contributed by atoms with Crippen molar-refractivity contribution in [1.82, 2.24) is 15.6 Å². The Labute approximate surface area is 158 Å². The summed E-state index contributed by atoms with van der Waals surface area (Å²) >= 11 is 0. The third-order valence-electron chi connectivity index (χ3n) is 5.22. The largest absolute Gasteiger partial charge is 0.354 e.